The van der Waals surface area contributed by atoms with Crippen LogP contribution in [0.4, 0.5) is 5.82 Å². The molecule has 0 saturated carbocycles. The second-order valence-electron chi connectivity index (χ2n) is 3.76. The lowest BCUT2D eigenvalue weighted by Crippen LogP contribution is -1.92. The standard InChI is InChI=1S/C12H10N4O/c13-11-5-12-14-6-9(7-16(12)15-11)8-1-3-10(17)4-2-8/h1-7,17H,(H2,13,15). The topological polar surface area (TPSA) is 76.4 Å². The van der Waals surface area contributed by atoms with E-state index in [4.69, 9.17) is 5.73 Å². The monoisotopic (exact) mass is 226 g/mol. The zero-order valence-electron chi connectivity index (χ0n) is 8.91. The van der Waals surface area contributed by atoms with Crippen molar-refractivity contribution in [3.63, 3.8) is 0 Å². The first kappa shape index (κ1) is 9.65. The molecule has 5 heteroatoms. The van der Waals surface area contributed by atoms with E-state index < -0.39 is 0 Å². The van der Waals surface area contributed by atoms with Crippen LogP contribution in [-0.2, 0) is 0 Å². The van der Waals surface area contributed by atoms with Gasteiger partial charge in [-0.1, -0.05) is 12.1 Å². The highest BCUT2D eigenvalue weighted by Crippen LogP contribution is 2.21. The number of hydrogen-bond acceptors (Lipinski definition) is 4. The third-order valence-electron chi connectivity index (χ3n) is 2.53. The van der Waals surface area contributed by atoms with E-state index in [0.29, 0.717) is 11.5 Å². The van der Waals surface area contributed by atoms with Crippen molar-refractivity contribution < 1.29 is 5.11 Å². The molecule has 0 aliphatic heterocycles. The van der Waals surface area contributed by atoms with Gasteiger partial charge < -0.3 is 10.8 Å². The summed E-state index contributed by atoms with van der Waals surface area (Å²) in [5.41, 5.74) is 8.19. The van der Waals surface area contributed by atoms with Crippen LogP contribution in [0.25, 0.3) is 16.8 Å². The fourth-order valence-electron chi connectivity index (χ4n) is 1.70. The molecule has 2 heterocycles. The molecule has 17 heavy (non-hydrogen) atoms. The van der Waals surface area contributed by atoms with Crippen LogP contribution in [0, 0.1) is 0 Å². The molecule has 3 N–H and O–H groups in total. The lowest BCUT2D eigenvalue weighted by molar-refractivity contribution is 0.475. The van der Waals surface area contributed by atoms with Gasteiger partial charge in [0.15, 0.2) is 5.65 Å². The normalized spacial score (nSPS) is 10.8. The number of benzene rings is 1. The van der Waals surface area contributed by atoms with Gasteiger partial charge in [0.05, 0.1) is 0 Å². The first-order chi connectivity index (χ1) is 8.22. The summed E-state index contributed by atoms with van der Waals surface area (Å²) in [6, 6.07) is 8.63. The van der Waals surface area contributed by atoms with E-state index in [0.717, 1.165) is 11.1 Å². The van der Waals surface area contributed by atoms with Crippen molar-refractivity contribution in [2.75, 3.05) is 5.73 Å². The molecule has 2 aromatic heterocycles. The van der Waals surface area contributed by atoms with Crippen molar-refractivity contribution >= 4 is 11.5 Å². The molecule has 84 valence electrons. The van der Waals surface area contributed by atoms with Gasteiger partial charge in [0, 0.05) is 24.0 Å². The van der Waals surface area contributed by atoms with Crippen molar-refractivity contribution in [3.05, 3.63) is 42.7 Å². The van der Waals surface area contributed by atoms with E-state index in [2.05, 4.69) is 10.1 Å². The van der Waals surface area contributed by atoms with E-state index in [-0.39, 0.29) is 5.75 Å². The number of anilines is 1. The maximum absolute atomic E-state index is 9.23. The van der Waals surface area contributed by atoms with Gasteiger partial charge in [0.2, 0.25) is 0 Å². The molecule has 0 saturated heterocycles. The van der Waals surface area contributed by atoms with Gasteiger partial charge in [-0.15, -0.1) is 5.10 Å². The Morgan fingerprint density at radius 1 is 1.12 bits per heavy atom. The van der Waals surface area contributed by atoms with Crippen molar-refractivity contribution in [2.45, 2.75) is 0 Å². The van der Waals surface area contributed by atoms with Crippen LogP contribution in [0.1, 0.15) is 0 Å². The summed E-state index contributed by atoms with van der Waals surface area (Å²) < 4.78 is 1.64. The number of fused-ring (bicyclic) bond motifs is 1. The zero-order valence-corrected chi connectivity index (χ0v) is 8.91. The predicted octanol–water partition coefficient (Wildman–Crippen LogP) is 1.68. The average Bonchev–Trinajstić information content (AvgIpc) is 2.69. The number of rotatable bonds is 1. The molecule has 0 unspecified atom stereocenters. The van der Waals surface area contributed by atoms with Crippen LogP contribution in [0.15, 0.2) is 42.7 Å². The summed E-state index contributed by atoms with van der Waals surface area (Å²) in [6.07, 6.45) is 3.61. The van der Waals surface area contributed by atoms with Crippen LogP contribution < -0.4 is 5.73 Å². The maximum Gasteiger partial charge on any atom is 0.157 e. The first-order valence-electron chi connectivity index (χ1n) is 5.13. The quantitative estimate of drug-likeness (QED) is 0.662. The molecule has 0 aliphatic carbocycles. The van der Waals surface area contributed by atoms with Gasteiger partial charge in [-0.2, -0.15) is 0 Å². The van der Waals surface area contributed by atoms with Crippen LogP contribution in [-0.4, -0.2) is 19.7 Å². The number of nitrogens with zero attached hydrogens (tertiary/aromatic N) is 3. The molecule has 0 radical (unpaired) electrons. The molecule has 0 fully saturated rings. The fourth-order valence-corrected chi connectivity index (χ4v) is 1.70. The SMILES string of the molecule is Nc1cc2ncc(-c3ccc(O)cc3)cn2n1. The fraction of sp³-hybridized carbons (Fsp3) is 0. The number of nitrogen functional groups attached to an aromatic ring is 1. The summed E-state index contributed by atoms with van der Waals surface area (Å²) in [5, 5.41) is 13.3. The van der Waals surface area contributed by atoms with Crippen LogP contribution in [0.5, 0.6) is 5.75 Å². The second-order valence-corrected chi connectivity index (χ2v) is 3.76. The number of nitrogens with two attached hydrogens (primary N) is 1. The highest BCUT2D eigenvalue weighted by Gasteiger charge is 2.03. The molecule has 0 amide bonds. The van der Waals surface area contributed by atoms with E-state index >= 15 is 0 Å². The van der Waals surface area contributed by atoms with Gasteiger partial charge in [0.25, 0.3) is 0 Å². The van der Waals surface area contributed by atoms with Crippen molar-refractivity contribution in [1.82, 2.24) is 14.6 Å². The minimum absolute atomic E-state index is 0.242. The Bertz CT molecular complexity index is 673. The molecule has 0 aliphatic rings. The van der Waals surface area contributed by atoms with Crippen LogP contribution in [0.3, 0.4) is 0 Å². The molecule has 5 nitrogen and oxygen atoms in total. The number of hydrogen-bond donors (Lipinski definition) is 2. The Hall–Kier alpha value is -2.56. The lowest BCUT2D eigenvalue weighted by Gasteiger charge is -2.01. The van der Waals surface area contributed by atoms with E-state index in [1.54, 1.807) is 28.9 Å². The summed E-state index contributed by atoms with van der Waals surface area (Å²) in [4.78, 5) is 4.26. The summed E-state index contributed by atoms with van der Waals surface area (Å²) in [5.74, 6) is 0.687. The van der Waals surface area contributed by atoms with Gasteiger partial charge in [0.1, 0.15) is 11.6 Å². The largest absolute Gasteiger partial charge is 0.508 e. The van der Waals surface area contributed by atoms with Gasteiger partial charge in [-0.25, -0.2) is 9.50 Å². The average molecular weight is 226 g/mol. The molecule has 1 aromatic carbocycles. The molecular weight excluding hydrogens is 216 g/mol. The maximum atomic E-state index is 9.23. The van der Waals surface area contributed by atoms with Gasteiger partial charge in [-0.3, -0.25) is 0 Å². The highest BCUT2D eigenvalue weighted by atomic mass is 16.3. The Balaban J connectivity index is 2.13. The minimum Gasteiger partial charge on any atom is -0.508 e. The van der Waals surface area contributed by atoms with Gasteiger partial charge >= 0.3 is 0 Å². The molecule has 0 spiro atoms. The summed E-state index contributed by atoms with van der Waals surface area (Å²) >= 11 is 0. The Kier molecular flexibility index (Phi) is 1.98. The zero-order chi connectivity index (χ0) is 11.8. The van der Waals surface area contributed by atoms with Crippen LogP contribution in [0.2, 0.25) is 0 Å². The van der Waals surface area contributed by atoms with Crippen molar-refractivity contribution in [2.24, 2.45) is 0 Å². The predicted molar refractivity (Wildman–Crippen MR) is 64.5 cm³/mol. The van der Waals surface area contributed by atoms with Crippen molar-refractivity contribution in [1.29, 1.82) is 0 Å². The minimum atomic E-state index is 0.242. The van der Waals surface area contributed by atoms with Gasteiger partial charge in [-0.05, 0) is 17.7 Å². The number of aromatic hydroxyl groups is 1. The molecule has 3 rings (SSSR count). The smallest absolute Gasteiger partial charge is 0.157 e. The molecule has 3 aromatic rings. The molecule has 0 atom stereocenters. The second kappa shape index (κ2) is 3.48. The molecule has 0 bridgehead atoms. The third kappa shape index (κ3) is 1.67. The Labute approximate surface area is 97.1 Å². The van der Waals surface area contributed by atoms with E-state index in [1.807, 2.05) is 18.3 Å². The highest BCUT2D eigenvalue weighted by molar-refractivity contribution is 5.64. The number of phenolic OH excluding ortho intramolecular Hbond substituents is 1. The number of phenols is 1. The lowest BCUT2D eigenvalue weighted by atomic mass is 10.1. The Morgan fingerprint density at radius 3 is 2.65 bits per heavy atom. The molecular formula is C12H10N4O. The summed E-state index contributed by atoms with van der Waals surface area (Å²) in [7, 11) is 0. The summed E-state index contributed by atoms with van der Waals surface area (Å²) in [6.45, 7) is 0. The van der Waals surface area contributed by atoms with Crippen molar-refractivity contribution in [3.8, 4) is 16.9 Å². The number of aromatic nitrogens is 3. The third-order valence-corrected chi connectivity index (χ3v) is 2.53. The van der Waals surface area contributed by atoms with E-state index in [1.165, 1.54) is 0 Å². The van der Waals surface area contributed by atoms with E-state index in [9.17, 15) is 5.11 Å². The Morgan fingerprint density at radius 2 is 1.88 bits per heavy atom. The van der Waals surface area contributed by atoms with Crippen LogP contribution >= 0.6 is 0 Å². The first-order valence-corrected chi connectivity index (χ1v) is 5.13.